The first-order chi connectivity index (χ1) is 9.76. The van der Waals surface area contributed by atoms with Crippen molar-refractivity contribution in [2.75, 3.05) is 13.7 Å². The van der Waals surface area contributed by atoms with Gasteiger partial charge in [0, 0.05) is 18.6 Å². The van der Waals surface area contributed by atoms with Gasteiger partial charge in [-0.25, -0.2) is 0 Å². The van der Waals surface area contributed by atoms with E-state index in [2.05, 4.69) is 10.6 Å². The summed E-state index contributed by atoms with van der Waals surface area (Å²) in [4.78, 5) is 12.2. The van der Waals surface area contributed by atoms with Gasteiger partial charge in [0.1, 0.15) is 5.75 Å². The summed E-state index contributed by atoms with van der Waals surface area (Å²) in [7, 11) is 1.67. The Morgan fingerprint density at radius 3 is 2.75 bits per heavy atom. The molecule has 0 radical (unpaired) electrons. The summed E-state index contributed by atoms with van der Waals surface area (Å²) < 4.78 is 5.13. The van der Waals surface area contributed by atoms with Gasteiger partial charge in [-0.05, 0) is 43.4 Å². The van der Waals surface area contributed by atoms with E-state index in [4.69, 9.17) is 4.74 Å². The summed E-state index contributed by atoms with van der Waals surface area (Å²) in [5, 5.41) is 6.58. The lowest BCUT2D eigenvalue weighted by Gasteiger charge is -2.19. The molecule has 2 bridgehead atoms. The van der Waals surface area contributed by atoms with E-state index in [0.717, 1.165) is 25.0 Å². The van der Waals surface area contributed by atoms with Crippen LogP contribution in [0.4, 0.5) is 0 Å². The first kappa shape index (κ1) is 13.4. The zero-order valence-electron chi connectivity index (χ0n) is 11.9. The zero-order valence-corrected chi connectivity index (χ0v) is 11.9. The summed E-state index contributed by atoms with van der Waals surface area (Å²) in [5.74, 6) is 1.27. The summed E-state index contributed by atoms with van der Waals surface area (Å²) in [6, 6.07) is 9.00. The lowest BCUT2D eigenvalue weighted by atomic mass is 9.88. The molecule has 4 heteroatoms. The van der Waals surface area contributed by atoms with Crippen LogP contribution in [0.1, 0.15) is 24.8 Å². The Hall–Kier alpha value is -1.55. The molecule has 2 aliphatic heterocycles. The maximum Gasteiger partial charge on any atom is 0.224 e. The van der Waals surface area contributed by atoms with Crippen molar-refractivity contribution in [3.8, 4) is 5.75 Å². The molecular formula is C16H22N2O2. The molecular weight excluding hydrogens is 252 g/mol. The predicted molar refractivity (Wildman–Crippen MR) is 77.8 cm³/mol. The Balaban J connectivity index is 1.44. The van der Waals surface area contributed by atoms with E-state index in [1.54, 1.807) is 7.11 Å². The Labute approximate surface area is 119 Å². The van der Waals surface area contributed by atoms with Crippen LogP contribution in [-0.2, 0) is 11.2 Å². The van der Waals surface area contributed by atoms with E-state index in [0.29, 0.717) is 18.6 Å². The zero-order chi connectivity index (χ0) is 13.9. The molecule has 0 aliphatic carbocycles. The van der Waals surface area contributed by atoms with Gasteiger partial charge < -0.3 is 15.4 Å². The van der Waals surface area contributed by atoms with Crippen LogP contribution in [-0.4, -0.2) is 31.6 Å². The molecule has 3 rings (SSSR count). The molecule has 2 fully saturated rings. The second-order valence-electron chi connectivity index (χ2n) is 5.78. The molecule has 2 heterocycles. The Morgan fingerprint density at radius 2 is 2.15 bits per heavy atom. The molecule has 3 atom stereocenters. The van der Waals surface area contributed by atoms with Crippen LogP contribution in [0.2, 0.25) is 0 Å². The Bertz CT molecular complexity index is 472. The lowest BCUT2D eigenvalue weighted by Crippen LogP contribution is -2.38. The predicted octanol–water partition coefficient (Wildman–Crippen LogP) is 1.49. The van der Waals surface area contributed by atoms with Gasteiger partial charge in [0.25, 0.3) is 0 Å². The van der Waals surface area contributed by atoms with Gasteiger partial charge >= 0.3 is 0 Å². The Morgan fingerprint density at radius 1 is 1.35 bits per heavy atom. The molecule has 0 aromatic heterocycles. The second-order valence-corrected chi connectivity index (χ2v) is 5.78. The number of methoxy groups -OCH3 is 1. The number of amides is 1. The molecule has 4 nitrogen and oxygen atoms in total. The SMILES string of the molecule is COc1ccc(CCNC(=O)C2CC3CCC2N3)cc1. The molecule has 2 saturated heterocycles. The van der Waals surface area contributed by atoms with Crippen molar-refractivity contribution in [2.24, 2.45) is 5.92 Å². The molecule has 1 amide bonds. The fourth-order valence-corrected chi connectivity index (χ4v) is 3.37. The van der Waals surface area contributed by atoms with Gasteiger partial charge in [-0.15, -0.1) is 0 Å². The maximum atomic E-state index is 12.2. The summed E-state index contributed by atoms with van der Waals surface area (Å²) in [6.45, 7) is 0.707. The molecule has 20 heavy (non-hydrogen) atoms. The largest absolute Gasteiger partial charge is 0.497 e. The van der Waals surface area contributed by atoms with Gasteiger partial charge in [0.15, 0.2) is 0 Å². The van der Waals surface area contributed by atoms with Crippen LogP contribution in [0.25, 0.3) is 0 Å². The van der Waals surface area contributed by atoms with Gasteiger partial charge in [-0.1, -0.05) is 12.1 Å². The number of hydrogen-bond donors (Lipinski definition) is 2. The molecule has 0 spiro atoms. The fraction of sp³-hybridized carbons (Fsp3) is 0.562. The first-order valence-corrected chi connectivity index (χ1v) is 7.43. The van der Waals surface area contributed by atoms with Crippen molar-refractivity contribution in [1.82, 2.24) is 10.6 Å². The van der Waals surface area contributed by atoms with Crippen molar-refractivity contribution in [1.29, 1.82) is 0 Å². The number of benzene rings is 1. The normalized spacial score (nSPS) is 27.6. The van der Waals surface area contributed by atoms with E-state index in [-0.39, 0.29) is 11.8 Å². The molecule has 0 saturated carbocycles. The third kappa shape index (κ3) is 2.80. The number of nitrogens with one attached hydrogen (secondary N) is 2. The molecule has 108 valence electrons. The third-order valence-corrected chi connectivity index (χ3v) is 4.51. The number of hydrogen-bond acceptors (Lipinski definition) is 3. The second kappa shape index (κ2) is 5.83. The molecule has 1 aromatic carbocycles. The highest BCUT2D eigenvalue weighted by Crippen LogP contribution is 2.33. The molecule has 3 unspecified atom stereocenters. The number of ether oxygens (including phenoxy) is 1. The topological polar surface area (TPSA) is 50.4 Å². The number of rotatable bonds is 5. The minimum atomic E-state index is 0.185. The van der Waals surface area contributed by atoms with Crippen LogP contribution in [0.5, 0.6) is 5.75 Å². The van der Waals surface area contributed by atoms with Crippen LogP contribution in [0.15, 0.2) is 24.3 Å². The van der Waals surface area contributed by atoms with Crippen molar-refractivity contribution in [3.63, 3.8) is 0 Å². The van der Waals surface area contributed by atoms with Crippen molar-refractivity contribution in [2.45, 2.75) is 37.8 Å². The van der Waals surface area contributed by atoms with Crippen LogP contribution >= 0.6 is 0 Å². The van der Waals surface area contributed by atoms with E-state index in [9.17, 15) is 4.79 Å². The molecule has 1 aromatic rings. The highest BCUT2D eigenvalue weighted by molar-refractivity contribution is 5.80. The third-order valence-electron chi connectivity index (χ3n) is 4.51. The summed E-state index contributed by atoms with van der Waals surface area (Å²) in [5.41, 5.74) is 1.22. The monoisotopic (exact) mass is 274 g/mol. The van der Waals surface area contributed by atoms with E-state index < -0.39 is 0 Å². The van der Waals surface area contributed by atoms with Gasteiger partial charge in [-0.2, -0.15) is 0 Å². The quantitative estimate of drug-likeness (QED) is 0.855. The lowest BCUT2D eigenvalue weighted by molar-refractivity contribution is -0.125. The van der Waals surface area contributed by atoms with Gasteiger partial charge in [0.2, 0.25) is 5.91 Å². The number of fused-ring (bicyclic) bond motifs is 2. The average Bonchev–Trinajstić information content (AvgIpc) is 3.10. The van der Waals surface area contributed by atoms with Crippen LogP contribution < -0.4 is 15.4 Å². The van der Waals surface area contributed by atoms with Crippen molar-refractivity contribution >= 4 is 5.91 Å². The standard InChI is InChI=1S/C16H22N2O2/c1-20-13-5-2-11(3-6-13)8-9-17-16(19)14-10-12-4-7-15(14)18-12/h2-3,5-6,12,14-15,18H,4,7-10H2,1H3,(H,17,19). The van der Waals surface area contributed by atoms with E-state index >= 15 is 0 Å². The maximum absolute atomic E-state index is 12.2. The van der Waals surface area contributed by atoms with Crippen molar-refractivity contribution in [3.05, 3.63) is 29.8 Å². The van der Waals surface area contributed by atoms with Gasteiger partial charge in [-0.3, -0.25) is 4.79 Å². The van der Waals surface area contributed by atoms with Gasteiger partial charge in [0.05, 0.1) is 13.0 Å². The number of carbonyl (C=O) groups is 1. The molecule has 2 aliphatic rings. The van der Waals surface area contributed by atoms with Crippen LogP contribution in [0.3, 0.4) is 0 Å². The van der Waals surface area contributed by atoms with Crippen LogP contribution in [0, 0.1) is 5.92 Å². The minimum absolute atomic E-state index is 0.185. The first-order valence-electron chi connectivity index (χ1n) is 7.43. The van der Waals surface area contributed by atoms with E-state index in [1.165, 1.54) is 12.0 Å². The highest BCUT2D eigenvalue weighted by atomic mass is 16.5. The number of carbonyl (C=O) groups excluding carboxylic acids is 1. The average molecular weight is 274 g/mol. The smallest absolute Gasteiger partial charge is 0.224 e. The summed E-state index contributed by atoms with van der Waals surface area (Å²) >= 11 is 0. The molecule has 2 N–H and O–H groups in total. The van der Waals surface area contributed by atoms with Crippen molar-refractivity contribution < 1.29 is 9.53 Å². The minimum Gasteiger partial charge on any atom is -0.497 e. The summed E-state index contributed by atoms with van der Waals surface area (Å²) in [6.07, 6.45) is 4.27. The highest BCUT2D eigenvalue weighted by Gasteiger charge is 2.42. The fourth-order valence-electron chi connectivity index (χ4n) is 3.37. The Kier molecular flexibility index (Phi) is 3.92. The van der Waals surface area contributed by atoms with E-state index in [1.807, 2.05) is 24.3 Å².